The maximum atomic E-state index is 10.8. The van der Waals surface area contributed by atoms with E-state index < -0.39 is 13.1 Å². The molecule has 64 valence electrons. The minimum Gasteiger partial charge on any atom is -0.805 e. The van der Waals surface area contributed by atoms with Crippen LogP contribution in [0.15, 0.2) is 30.3 Å². The Morgan fingerprint density at radius 1 is 1.07 bits per heavy atom. The first-order valence-electron chi connectivity index (χ1n) is 3.14. The Hall–Kier alpha value is 0.235. The fraction of sp³-hybridized carbons (Fsp3) is 0. The zero-order chi connectivity index (χ0) is 9.19. The Morgan fingerprint density at radius 3 is 1.86 bits per heavy atom. The molecule has 0 amide bonds. The Labute approximate surface area is 106 Å². The van der Waals surface area contributed by atoms with Crippen molar-refractivity contribution in [3.05, 3.63) is 35.9 Å². The molecule has 0 bridgehead atoms. The van der Waals surface area contributed by atoms with Gasteiger partial charge in [0.25, 0.3) is 0 Å². The van der Waals surface area contributed by atoms with Crippen molar-refractivity contribution in [1.82, 2.24) is 0 Å². The van der Waals surface area contributed by atoms with Crippen molar-refractivity contribution in [3.63, 3.8) is 0 Å². The summed E-state index contributed by atoms with van der Waals surface area (Å²) in [6.45, 7) is 0. The number of rotatable bonds is 2. The molecule has 0 saturated heterocycles. The minimum absolute atomic E-state index is 0. The molecule has 1 aromatic carbocycles. The maximum absolute atomic E-state index is 10.8. The summed E-state index contributed by atoms with van der Waals surface area (Å²) < 4.78 is 10.3. The zero-order valence-electron chi connectivity index (χ0n) is 7.97. The molecule has 0 fully saturated rings. The van der Waals surface area contributed by atoms with E-state index in [-0.39, 0.29) is 43.3 Å². The molecule has 7 heteroatoms. The number of hydrogen-bond donors (Lipinski definition) is 0. The SMILES string of the molecule is O=C(c1ccccc1)P(=O)([O-])[O-].[Li+].[Li+]. The second kappa shape index (κ2) is 6.67. The molecule has 0 radical (unpaired) electrons. The summed E-state index contributed by atoms with van der Waals surface area (Å²) in [7, 11) is -5.12. The molecule has 14 heavy (non-hydrogen) atoms. The molecule has 0 N–H and O–H groups in total. The van der Waals surface area contributed by atoms with Crippen LogP contribution in [0, 0.1) is 0 Å². The molecule has 4 nitrogen and oxygen atoms in total. The van der Waals surface area contributed by atoms with Gasteiger partial charge in [0, 0.05) is 13.2 Å². The van der Waals surface area contributed by atoms with E-state index in [1.165, 1.54) is 24.3 Å². The fourth-order valence-corrected chi connectivity index (χ4v) is 1.20. The van der Waals surface area contributed by atoms with Crippen LogP contribution in [0.1, 0.15) is 10.4 Å². The van der Waals surface area contributed by atoms with Gasteiger partial charge in [-0.2, -0.15) is 0 Å². The number of benzene rings is 1. The minimum atomic E-state index is -5.12. The summed E-state index contributed by atoms with van der Waals surface area (Å²) in [6.07, 6.45) is 0. The van der Waals surface area contributed by atoms with E-state index in [2.05, 4.69) is 0 Å². The van der Waals surface area contributed by atoms with Crippen LogP contribution in [0.5, 0.6) is 0 Å². The topological polar surface area (TPSA) is 80.3 Å². The van der Waals surface area contributed by atoms with Crippen molar-refractivity contribution in [2.45, 2.75) is 0 Å². The molecule has 0 aromatic heterocycles. The van der Waals surface area contributed by atoms with Gasteiger partial charge in [-0.25, -0.2) is 0 Å². The van der Waals surface area contributed by atoms with E-state index in [1.54, 1.807) is 6.07 Å². The summed E-state index contributed by atoms with van der Waals surface area (Å²) in [5, 5.41) is 0. The third kappa shape index (κ3) is 4.64. The summed E-state index contributed by atoms with van der Waals surface area (Å²) in [6, 6.07) is 7.17. The molecule has 0 aliphatic carbocycles. The zero-order valence-corrected chi connectivity index (χ0v) is 8.86. The van der Waals surface area contributed by atoms with Gasteiger partial charge >= 0.3 is 37.7 Å². The largest absolute Gasteiger partial charge is 1.00 e. The van der Waals surface area contributed by atoms with Crippen molar-refractivity contribution in [3.8, 4) is 0 Å². The first-order chi connectivity index (χ1) is 5.52. The van der Waals surface area contributed by atoms with Gasteiger partial charge in [0.05, 0.1) is 0 Å². The van der Waals surface area contributed by atoms with Crippen molar-refractivity contribution < 1.29 is 56.9 Å². The quantitative estimate of drug-likeness (QED) is 0.349. The van der Waals surface area contributed by atoms with E-state index >= 15 is 0 Å². The van der Waals surface area contributed by atoms with Gasteiger partial charge in [-0.1, -0.05) is 30.3 Å². The normalized spacial score (nSPS) is 9.57. The van der Waals surface area contributed by atoms with E-state index in [0.29, 0.717) is 0 Å². The molecule has 1 aromatic rings. The third-order valence-corrected chi connectivity index (χ3v) is 2.03. The molecular formula is C7H5Li2O4P. The van der Waals surface area contributed by atoms with Crippen LogP contribution in [0.3, 0.4) is 0 Å². The van der Waals surface area contributed by atoms with Gasteiger partial charge in [-0.05, 0) is 0 Å². The van der Waals surface area contributed by atoms with E-state index in [1.807, 2.05) is 0 Å². The Balaban J connectivity index is 0. The van der Waals surface area contributed by atoms with Crippen LogP contribution in [0.25, 0.3) is 0 Å². The van der Waals surface area contributed by atoms with Gasteiger partial charge in [-0.3, -0.25) is 4.79 Å². The van der Waals surface area contributed by atoms with E-state index in [0.717, 1.165) is 0 Å². The van der Waals surface area contributed by atoms with Crippen LogP contribution >= 0.6 is 7.60 Å². The van der Waals surface area contributed by atoms with Crippen LogP contribution < -0.4 is 47.5 Å². The monoisotopic (exact) mass is 198 g/mol. The Kier molecular flexibility index (Phi) is 7.94. The van der Waals surface area contributed by atoms with Crippen LogP contribution in [-0.2, 0) is 4.57 Å². The third-order valence-electron chi connectivity index (χ3n) is 1.27. The predicted octanol–water partition coefficient (Wildman–Crippen LogP) is -6.25. The molecule has 0 saturated carbocycles. The van der Waals surface area contributed by atoms with Crippen molar-refractivity contribution >= 4 is 13.1 Å². The van der Waals surface area contributed by atoms with Crippen molar-refractivity contribution in [2.24, 2.45) is 0 Å². The number of carbonyl (C=O) groups is 1. The average Bonchev–Trinajstić information content (AvgIpc) is 2.03. The van der Waals surface area contributed by atoms with E-state index in [4.69, 9.17) is 0 Å². The smallest absolute Gasteiger partial charge is 0.805 e. The number of hydrogen-bond acceptors (Lipinski definition) is 4. The summed E-state index contributed by atoms with van der Waals surface area (Å²) in [5.41, 5.74) is -1.45. The second-order valence-corrected chi connectivity index (χ2v) is 3.57. The summed E-state index contributed by atoms with van der Waals surface area (Å²) >= 11 is 0. The van der Waals surface area contributed by atoms with Crippen LogP contribution in [0.2, 0.25) is 0 Å². The summed E-state index contributed by atoms with van der Waals surface area (Å²) in [4.78, 5) is 31.3. The molecule has 1 rings (SSSR count). The molecule has 0 atom stereocenters. The predicted molar refractivity (Wildman–Crippen MR) is 38.4 cm³/mol. The summed E-state index contributed by atoms with van der Waals surface area (Å²) in [5.74, 6) is 0. The molecule has 0 spiro atoms. The number of carbonyl (C=O) groups excluding carboxylic acids is 1. The molecule has 0 unspecified atom stereocenters. The first kappa shape index (κ1) is 16.7. The van der Waals surface area contributed by atoms with Crippen LogP contribution in [0.4, 0.5) is 0 Å². The van der Waals surface area contributed by atoms with E-state index in [9.17, 15) is 19.1 Å². The fourth-order valence-electron chi connectivity index (χ4n) is 0.739. The maximum Gasteiger partial charge on any atom is 1.00 e. The average molecular weight is 198 g/mol. The Morgan fingerprint density at radius 2 is 1.50 bits per heavy atom. The molecule has 0 heterocycles. The molecule has 0 aliphatic heterocycles. The van der Waals surface area contributed by atoms with Gasteiger partial charge in [-0.15, -0.1) is 0 Å². The standard InChI is InChI=1S/C7H7O4P.2Li/c8-7(12(9,10)11)6-4-2-1-3-5-6;;/h1-5H,(H2,9,10,11);;/q;2*+1/p-2. The van der Waals surface area contributed by atoms with Gasteiger partial charge < -0.3 is 14.4 Å². The van der Waals surface area contributed by atoms with Gasteiger partial charge in [0.1, 0.15) is 0 Å². The van der Waals surface area contributed by atoms with Gasteiger partial charge in [0.15, 0.2) is 5.52 Å². The van der Waals surface area contributed by atoms with Crippen molar-refractivity contribution in [2.75, 3.05) is 0 Å². The molecule has 0 aliphatic rings. The molecular weight excluding hydrogens is 193 g/mol. The van der Waals surface area contributed by atoms with Crippen molar-refractivity contribution in [1.29, 1.82) is 0 Å². The van der Waals surface area contributed by atoms with Gasteiger partial charge in [0.2, 0.25) is 0 Å². The Bertz CT molecular complexity index is 335. The van der Waals surface area contributed by atoms with Crippen LogP contribution in [-0.4, -0.2) is 5.52 Å². The first-order valence-corrected chi connectivity index (χ1v) is 4.68. The second-order valence-electron chi connectivity index (χ2n) is 2.17.